The van der Waals surface area contributed by atoms with Crippen molar-refractivity contribution in [2.75, 3.05) is 11.9 Å². The van der Waals surface area contributed by atoms with Crippen molar-refractivity contribution >= 4 is 17.6 Å². The molecule has 1 aliphatic carbocycles. The third-order valence-corrected chi connectivity index (χ3v) is 3.89. The molecule has 1 aromatic carbocycles. The van der Waals surface area contributed by atoms with Crippen LogP contribution in [-0.2, 0) is 20.9 Å². The molecular formula is C16H21NO4. The highest BCUT2D eigenvalue weighted by atomic mass is 16.5. The summed E-state index contributed by atoms with van der Waals surface area (Å²) >= 11 is 0. The number of carbonyl (C=O) groups excluding carboxylic acids is 1. The molecule has 0 radical (unpaired) electrons. The summed E-state index contributed by atoms with van der Waals surface area (Å²) in [6, 6.07) is 7.52. The van der Waals surface area contributed by atoms with Crippen molar-refractivity contribution in [2.24, 2.45) is 11.8 Å². The Bertz CT molecular complexity index is 515. The van der Waals surface area contributed by atoms with E-state index in [1.807, 2.05) is 31.2 Å². The maximum Gasteiger partial charge on any atom is 0.306 e. The highest BCUT2D eigenvalue weighted by Gasteiger charge is 2.33. The molecule has 0 aliphatic heterocycles. The monoisotopic (exact) mass is 291 g/mol. The Morgan fingerprint density at radius 2 is 2.00 bits per heavy atom. The van der Waals surface area contributed by atoms with Crippen LogP contribution in [0.4, 0.5) is 5.69 Å². The molecule has 1 saturated carbocycles. The van der Waals surface area contributed by atoms with Gasteiger partial charge in [-0.1, -0.05) is 18.2 Å². The number of amides is 1. The second-order valence-electron chi connectivity index (χ2n) is 5.33. The largest absolute Gasteiger partial charge is 0.481 e. The van der Waals surface area contributed by atoms with E-state index in [-0.39, 0.29) is 17.7 Å². The average Bonchev–Trinajstić information content (AvgIpc) is 2.96. The minimum atomic E-state index is -0.804. The number of carbonyl (C=O) groups is 2. The van der Waals surface area contributed by atoms with Crippen molar-refractivity contribution in [3.8, 4) is 0 Å². The van der Waals surface area contributed by atoms with Gasteiger partial charge in [-0.25, -0.2) is 0 Å². The number of hydrogen-bond acceptors (Lipinski definition) is 3. The zero-order valence-electron chi connectivity index (χ0n) is 12.2. The minimum absolute atomic E-state index is 0.0947. The summed E-state index contributed by atoms with van der Waals surface area (Å²) in [5.74, 6) is -1.50. The lowest BCUT2D eigenvalue weighted by Gasteiger charge is -2.14. The van der Waals surface area contributed by atoms with E-state index in [4.69, 9.17) is 9.84 Å². The van der Waals surface area contributed by atoms with Gasteiger partial charge in [-0.3, -0.25) is 9.59 Å². The van der Waals surface area contributed by atoms with E-state index in [1.165, 1.54) is 0 Å². The predicted octanol–water partition coefficient (Wildman–Crippen LogP) is 2.66. The number of anilines is 1. The highest BCUT2D eigenvalue weighted by molar-refractivity contribution is 5.93. The molecule has 0 heterocycles. The van der Waals surface area contributed by atoms with Crippen LogP contribution in [0.1, 0.15) is 31.7 Å². The van der Waals surface area contributed by atoms with Crippen LogP contribution in [0.5, 0.6) is 0 Å². The molecule has 2 rings (SSSR count). The fraction of sp³-hybridized carbons (Fsp3) is 0.500. The number of ether oxygens (including phenoxy) is 1. The second kappa shape index (κ2) is 7.22. The minimum Gasteiger partial charge on any atom is -0.481 e. The Balaban J connectivity index is 1.98. The molecule has 2 N–H and O–H groups in total. The molecule has 1 aromatic rings. The predicted molar refractivity (Wildman–Crippen MR) is 78.9 cm³/mol. The van der Waals surface area contributed by atoms with Crippen LogP contribution in [0, 0.1) is 11.8 Å². The molecule has 1 amide bonds. The average molecular weight is 291 g/mol. The summed E-state index contributed by atoms with van der Waals surface area (Å²) in [6.07, 6.45) is 1.64. The lowest BCUT2D eigenvalue weighted by molar-refractivity contribution is -0.141. The molecule has 0 aromatic heterocycles. The summed E-state index contributed by atoms with van der Waals surface area (Å²) in [4.78, 5) is 23.2. The Morgan fingerprint density at radius 3 is 2.67 bits per heavy atom. The normalized spacial score (nSPS) is 21.2. The Morgan fingerprint density at radius 1 is 1.29 bits per heavy atom. The van der Waals surface area contributed by atoms with Gasteiger partial charge in [0.15, 0.2) is 0 Å². The standard InChI is InChI=1S/C16H21NO4/c1-2-21-10-13-5-3-4-6-14(13)17-15(18)11-7-8-12(9-11)16(19)20/h3-6,11-12H,2,7-10H2,1H3,(H,17,18)(H,19,20). The van der Waals surface area contributed by atoms with Crippen LogP contribution in [0.25, 0.3) is 0 Å². The van der Waals surface area contributed by atoms with E-state index in [2.05, 4.69) is 5.32 Å². The van der Waals surface area contributed by atoms with Gasteiger partial charge in [-0.15, -0.1) is 0 Å². The Labute approximate surface area is 124 Å². The Kier molecular flexibility index (Phi) is 5.33. The van der Waals surface area contributed by atoms with Gasteiger partial charge in [-0.05, 0) is 32.3 Å². The van der Waals surface area contributed by atoms with Gasteiger partial charge in [0.05, 0.1) is 12.5 Å². The van der Waals surface area contributed by atoms with Crippen molar-refractivity contribution in [3.05, 3.63) is 29.8 Å². The first-order valence-electron chi connectivity index (χ1n) is 7.31. The number of para-hydroxylation sites is 1. The molecule has 5 nitrogen and oxygen atoms in total. The fourth-order valence-electron chi connectivity index (χ4n) is 2.66. The van der Waals surface area contributed by atoms with Crippen molar-refractivity contribution in [1.29, 1.82) is 0 Å². The Hall–Kier alpha value is -1.88. The van der Waals surface area contributed by atoms with E-state index in [0.29, 0.717) is 32.5 Å². The number of rotatable bonds is 6. The van der Waals surface area contributed by atoms with Crippen LogP contribution in [-0.4, -0.2) is 23.6 Å². The van der Waals surface area contributed by atoms with Gasteiger partial charge < -0.3 is 15.2 Å². The summed E-state index contributed by atoms with van der Waals surface area (Å²) in [5.41, 5.74) is 1.68. The molecule has 1 aliphatic rings. The van der Waals surface area contributed by atoms with E-state index in [0.717, 1.165) is 11.3 Å². The fourth-order valence-corrected chi connectivity index (χ4v) is 2.66. The van der Waals surface area contributed by atoms with Crippen molar-refractivity contribution < 1.29 is 19.4 Å². The smallest absolute Gasteiger partial charge is 0.306 e. The van der Waals surface area contributed by atoms with E-state index in [1.54, 1.807) is 0 Å². The van der Waals surface area contributed by atoms with Crippen molar-refractivity contribution in [2.45, 2.75) is 32.8 Å². The van der Waals surface area contributed by atoms with E-state index >= 15 is 0 Å². The quantitative estimate of drug-likeness (QED) is 0.845. The molecule has 114 valence electrons. The zero-order valence-corrected chi connectivity index (χ0v) is 12.2. The maximum absolute atomic E-state index is 12.3. The van der Waals surface area contributed by atoms with Crippen LogP contribution < -0.4 is 5.32 Å². The van der Waals surface area contributed by atoms with Crippen molar-refractivity contribution in [1.82, 2.24) is 0 Å². The highest BCUT2D eigenvalue weighted by Crippen LogP contribution is 2.32. The summed E-state index contributed by atoms with van der Waals surface area (Å²) < 4.78 is 5.39. The van der Waals surface area contributed by atoms with Gasteiger partial charge in [-0.2, -0.15) is 0 Å². The van der Waals surface area contributed by atoms with Crippen LogP contribution in [0.2, 0.25) is 0 Å². The number of carboxylic acid groups (broad SMARTS) is 1. The van der Waals surface area contributed by atoms with Gasteiger partial charge in [0.1, 0.15) is 0 Å². The molecule has 0 bridgehead atoms. The molecular weight excluding hydrogens is 270 g/mol. The molecule has 0 saturated heterocycles. The lowest BCUT2D eigenvalue weighted by atomic mass is 10.0. The van der Waals surface area contributed by atoms with Gasteiger partial charge >= 0.3 is 5.97 Å². The first kappa shape index (κ1) is 15.5. The van der Waals surface area contributed by atoms with E-state index in [9.17, 15) is 9.59 Å². The summed E-state index contributed by atoms with van der Waals surface area (Å²) in [7, 11) is 0. The molecule has 1 fully saturated rings. The number of benzene rings is 1. The second-order valence-corrected chi connectivity index (χ2v) is 5.33. The van der Waals surface area contributed by atoms with Gasteiger partial charge in [0.25, 0.3) is 0 Å². The number of nitrogens with one attached hydrogen (secondary N) is 1. The molecule has 2 unspecified atom stereocenters. The van der Waals surface area contributed by atoms with Gasteiger partial charge in [0.2, 0.25) is 5.91 Å². The third kappa shape index (κ3) is 4.04. The number of hydrogen-bond donors (Lipinski definition) is 2. The SMILES string of the molecule is CCOCc1ccccc1NC(=O)C1CCC(C(=O)O)C1. The molecule has 0 spiro atoms. The third-order valence-electron chi connectivity index (χ3n) is 3.89. The summed E-state index contributed by atoms with van der Waals surface area (Å²) in [6.45, 7) is 2.99. The zero-order chi connectivity index (χ0) is 15.2. The van der Waals surface area contributed by atoms with Crippen LogP contribution in [0.3, 0.4) is 0 Å². The molecule has 21 heavy (non-hydrogen) atoms. The van der Waals surface area contributed by atoms with E-state index < -0.39 is 5.97 Å². The first-order chi connectivity index (χ1) is 10.1. The topological polar surface area (TPSA) is 75.6 Å². The van der Waals surface area contributed by atoms with Gasteiger partial charge in [0, 0.05) is 23.8 Å². The number of aliphatic carboxylic acids is 1. The maximum atomic E-state index is 12.3. The molecule has 2 atom stereocenters. The van der Waals surface area contributed by atoms with Crippen LogP contribution in [0.15, 0.2) is 24.3 Å². The first-order valence-corrected chi connectivity index (χ1v) is 7.31. The molecule has 5 heteroatoms. The van der Waals surface area contributed by atoms with Crippen molar-refractivity contribution in [3.63, 3.8) is 0 Å². The van der Waals surface area contributed by atoms with Crippen LogP contribution >= 0.6 is 0 Å². The number of carboxylic acids is 1. The summed E-state index contributed by atoms with van der Waals surface area (Å²) in [5, 5.41) is 11.9. The lowest BCUT2D eigenvalue weighted by Crippen LogP contribution is -2.22.